The molecule has 94 valence electrons. The molecule has 1 unspecified atom stereocenters. The molecule has 0 aliphatic heterocycles. The fraction of sp³-hybridized carbons (Fsp3) is 0.375. The van der Waals surface area contributed by atoms with Gasteiger partial charge in [0.15, 0.2) is 0 Å². The van der Waals surface area contributed by atoms with Gasteiger partial charge in [0.05, 0.1) is 6.04 Å². The van der Waals surface area contributed by atoms with Crippen molar-refractivity contribution in [3.8, 4) is 12.3 Å². The van der Waals surface area contributed by atoms with E-state index in [2.05, 4.69) is 31.2 Å². The summed E-state index contributed by atoms with van der Waals surface area (Å²) >= 11 is 0. The van der Waals surface area contributed by atoms with Gasteiger partial charge >= 0.3 is 0 Å². The van der Waals surface area contributed by atoms with Crippen molar-refractivity contribution in [3.05, 3.63) is 35.6 Å². The van der Waals surface area contributed by atoms with E-state index in [4.69, 9.17) is 10.8 Å². The molecule has 0 aliphatic carbocycles. The SMILES string of the molecule is C#CCCCNC(C)c1oc2ccccc2c1C. The fourth-order valence-electron chi connectivity index (χ4n) is 2.21. The lowest BCUT2D eigenvalue weighted by Gasteiger charge is -2.11. The molecule has 1 atom stereocenters. The van der Waals surface area contributed by atoms with E-state index in [9.17, 15) is 0 Å². The molecule has 2 heteroatoms. The molecule has 0 saturated heterocycles. The third-order valence-electron chi connectivity index (χ3n) is 3.22. The summed E-state index contributed by atoms with van der Waals surface area (Å²) in [5, 5.41) is 4.65. The number of benzene rings is 1. The average molecular weight is 241 g/mol. The Morgan fingerprint density at radius 2 is 2.17 bits per heavy atom. The predicted octanol–water partition coefficient (Wildman–Crippen LogP) is 3.81. The first kappa shape index (κ1) is 12.7. The molecule has 0 bridgehead atoms. The zero-order valence-corrected chi connectivity index (χ0v) is 11.0. The summed E-state index contributed by atoms with van der Waals surface area (Å²) in [7, 11) is 0. The summed E-state index contributed by atoms with van der Waals surface area (Å²) in [6.45, 7) is 5.16. The smallest absolute Gasteiger partial charge is 0.134 e. The molecule has 2 nitrogen and oxygen atoms in total. The summed E-state index contributed by atoms with van der Waals surface area (Å²) in [5.41, 5.74) is 2.19. The van der Waals surface area contributed by atoms with Crippen LogP contribution in [0.25, 0.3) is 11.0 Å². The van der Waals surface area contributed by atoms with Crippen LogP contribution in [0.4, 0.5) is 0 Å². The number of hydrogen-bond donors (Lipinski definition) is 1. The molecule has 2 rings (SSSR count). The Kier molecular flexibility index (Phi) is 4.07. The van der Waals surface area contributed by atoms with Crippen LogP contribution in [-0.2, 0) is 0 Å². The first-order chi connectivity index (χ1) is 8.74. The summed E-state index contributed by atoms with van der Waals surface area (Å²) in [6, 6.07) is 8.37. The molecular weight excluding hydrogens is 222 g/mol. The van der Waals surface area contributed by atoms with Crippen LogP contribution in [0.1, 0.15) is 37.1 Å². The molecular formula is C16H19NO. The number of nitrogens with one attached hydrogen (secondary N) is 1. The number of aryl methyl sites for hydroxylation is 1. The van der Waals surface area contributed by atoms with Crippen molar-refractivity contribution in [1.82, 2.24) is 5.32 Å². The first-order valence-corrected chi connectivity index (χ1v) is 6.39. The Morgan fingerprint density at radius 1 is 1.39 bits per heavy atom. The van der Waals surface area contributed by atoms with Gasteiger partial charge < -0.3 is 9.73 Å². The molecule has 0 fully saturated rings. The monoisotopic (exact) mass is 241 g/mol. The normalized spacial score (nSPS) is 12.5. The molecule has 0 spiro atoms. The molecule has 1 aromatic heterocycles. The summed E-state index contributed by atoms with van der Waals surface area (Å²) in [6.07, 6.45) is 7.05. The maximum absolute atomic E-state index is 5.91. The maximum atomic E-state index is 5.91. The number of unbranched alkanes of at least 4 members (excludes halogenated alkanes) is 1. The van der Waals surface area contributed by atoms with Crippen molar-refractivity contribution in [2.45, 2.75) is 32.7 Å². The third kappa shape index (κ3) is 2.57. The number of hydrogen-bond acceptors (Lipinski definition) is 2. The zero-order valence-electron chi connectivity index (χ0n) is 11.0. The third-order valence-corrected chi connectivity index (χ3v) is 3.22. The molecule has 1 heterocycles. The van der Waals surface area contributed by atoms with Crippen LogP contribution in [0.2, 0.25) is 0 Å². The Hall–Kier alpha value is -1.72. The Morgan fingerprint density at radius 3 is 2.89 bits per heavy atom. The summed E-state index contributed by atoms with van der Waals surface area (Å²) in [5.74, 6) is 3.68. The van der Waals surface area contributed by atoms with Crippen LogP contribution in [0.3, 0.4) is 0 Å². The zero-order chi connectivity index (χ0) is 13.0. The van der Waals surface area contributed by atoms with Gasteiger partial charge in [-0.15, -0.1) is 12.3 Å². The van der Waals surface area contributed by atoms with Gasteiger partial charge in [0.25, 0.3) is 0 Å². The second kappa shape index (κ2) is 5.75. The highest BCUT2D eigenvalue weighted by Crippen LogP contribution is 2.28. The lowest BCUT2D eigenvalue weighted by molar-refractivity contribution is 0.446. The molecule has 0 amide bonds. The number of para-hydroxylation sites is 1. The maximum Gasteiger partial charge on any atom is 0.134 e. The van der Waals surface area contributed by atoms with Gasteiger partial charge in [0, 0.05) is 11.8 Å². The Labute approximate surface area is 108 Å². The van der Waals surface area contributed by atoms with E-state index in [0.717, 1.165) is 30.7 Å². The highest BCUT2D eigenvalue weighted by molar-refractivity contribution is 5.82. The van der Waals surface area contributed by atoms with E-state index >= 15 is 0 Å². The number of furan rings is 1. The highest BCUT2D eigenvalue weighted by Gasteiger charge is 2.15. The molecule has 1 N–H and O–H groups in total. The molecule has 0 radical (unpaired) electrons. The van der Waals surface area contributed by atoms with Crippen LogP contribution < -0.4 is 5.32 Å². The average Bonchev–Trinajstić information content (AvgIpc) is 2.73. The number of fused-ring (bicyclic) bond motifs is 1. The lowest BCUT2D eigenvalue weighted by Crippen LogP contribution is -2.19. The minimum absolute atomic E-state index is 0.218. The first-order valence-electron chi connectivity index (χ1n) is 6.39. The minimum atomic E-state index is 0.218. The van der Waals surface area contributed by atoms with Crippen molar-refractivity contribution < 1.29 is 4.42 Å². The largest absolute Gasteiger partial charge is 0.459 e. The predicted molar refractivity (Wildman–Crippen MR) is 75.4 cm³/mol. The van der Waals surface area contributed by atoms with E-state index in [1.165, 1.54) is 10.9 Å². The molecule has 1 aromatic carbocycles. The van der Waals surface area contributed by atoms with Crippen LogP contribution >= 0.6 is 0 Å². The summed E-state index contributed by atoms with van der Waals surface area (Å²) in [4.78, 5) is 0. The van der Waals surface area contributed by atoms with Gasteiger partial charge in [0.1, 0.15) is 11.3 Å². The second-order valence-corrected chi connectivity index (χ2v) is 4.57. The number of rotatable bonds is 5. The van der Waals surface area contributed by atoms with Crippen molar-refractivity contribution >= 4 is 11.0 Å². The van der Waals surface area contributed by atoms with Gasteiger partial charge in [-0.25, -0.2) is 0 Å². The fourth-order valence-corrected chi connectivity index (χ4v) is 2.21. The Balaban J connectivity index is 2.10. The van der Waals surface area contributed by atoms with Gasteiger partial charge in [-0.05, 0) is 38.4 Å². The lowest BCUT2D eigenvalue weighted by atomic mass is 10.1. The van der Waals surface area contributed by atoms with Gasteiger partial charge in [-0.2, -0.15) is 0 Å². The van der Waals surface area contributed by atoms with Gasteiger partial charge in [-0.1, -0.05) is 18.2 Å². The van der Waals surface area contributed by atoms with Crippen LogP contribution in [0.5, 0.6) is 0 Å². The minimum Gasteiger partial charge on any atom is -0.459 e. The van der Waals surface area contributed by atoms with E-state index in [1.54, 1.807) is 0 Å². The van der Waals surface area contributed by atoms with E-state index in [-0.39, 0.29) is 6.04 Å². The van der Waals surface area contributed by atoms with Crippen LogP contribution in [0, 0.1) is 19.3 Å². The topological polar surface area (TPSA) is 25.2 Å². The van der Waals surface area contributed by atoms with Gasteiger partial charge in [0.2, 0.25) is 0 Å². The van der Waals surface area contributed by atoms with E-state index in [1.807, 2.05) is 18.2 Å². The van der Waals surface area contributed by atoms with Crippen LogP contribution in [-0.4, -0.2) is 6.54 Å². The van der Waals surface area contributed by atoms with Crippen molar-refractivity contribution in [2.24, 2.45) is 0 Å². The van der Waals surface area contributed by atoms with Crippen molar-refractivity contribution in [3.63, 3.8) is 0 Å². The number of terminal acetylenes is 1. The van der Waals surface area contributed by atoms with Crippen molar-refractivity contribution in [2.75, 3.05) is 6.54 Å². The van der Waals surface area contributed by atoms with E-state index < -0.39 is 0 Å². The molecule has 0 saturated carbocycles. The van der Waals surface area contributed by atoms with Crippen molar-refractivity contribution in [1.29, 1.82) is 0 Å². The van der Waals surface area contributed by atoms with Crippen LogP contribution in [0.15, 0.2) is 28.7 Å². The molecule has 2 aromatic rings. The highest BCUT2D eigenvalue weighted by atomic mass is 16.3. The van der Waals surface area contributed by atoms with Gasteiger partial charge in [-0.3, -0.25) is 0 Å². The molecule has 0 aliphatic rings. The standard InChI is InChI=1S/C16H19NO/c1-4-5-8-11-17-13(3)16-12(2)14-9-6-7-10-15(14)18-16/h1,6-7,9-10,13,17H,5,8,11H2,2-3H3. The van der Waals surface area contributed by atoms with E-state index in [0.29, 0.717) is 0 Å². The summed E-state index contributed by atoms with van der Waals surface area (Å²) < 4.78 is 5.91. The second-order valence-electron chi connectivity index (χ2n) is 4.57. The molecule has 18 heavy (non-hydrogen) atoms. The Bertz CT molecular complexity index is 562. The quantitative estimate of drug-likeness (QED) is 0.636.